The van der Waals surface area contributed by atoms with Crippen molar-refractivity contribution in [2.75, 3.05) is 5.32 Å². The van der Waals surface area contributed by atoms with Gasteiger partial charge < -0.3 is 10.5 Å². The van der Waals surface area contributed by atoms with E-state index in [0.717, 1.165) is 9.91 Å². The quantitative estimate of drug-likeness (QED) is 0.220. The van der Waals surface area contributed by atoms with Crippen LogP contribution in [-0.2, 0) is 0 Å². The Balaban J connectivity index is 2.89. The number of hydrogen-bond donors (Lipinski definition) is 2. The average molecular weight is 297 g/mol. The van der Waals surface area contributed by atoms with E-state index in [0.29, 0.717) is 11.0 Å². The van der Waals surface area contributed by atoms with Crippen LogP contribution < -0.4 is 5.32 Å². The summed E-state index contributed by atoms with van der Waals surface area (Å²) in [6, 6.07) is 3.49. The van der Waals surface area contributed by atoms with Crippen LogP contribution in [0.4, 0.5) is 5.82 Å². The lowest BCUT2D eigenvalue weighted by Crippen LogP contribution is -1.99. The summed E-state index contributed by atoms with van der Waals surface area (Å²) < 4.78 is 0.900. The highest BCUT2D eigenvalue weighted by Gasteiger charge is 1.99. The second kappa shape index (κ2) is 4.46. The summed E-state index contributed by atoms with van der Waals surface area (Å²) in [4.78, 5) is 3.95. The molecular weight excluding hydrogens is 292 g/mol. The molecule has 0 amide bonds. The van der Waals surface area contributed by atoms with Gasteiger partial charge in [-0.05, 0) is 34.7 Å². The van der Waals surface area contributed by atoms with E-state index in [1.807, 2.05) is 6.07 Å². The predicted molar refractivity (Wildman–Crippen MR) is 55.9 cm³/mol. The fourth-order valence-corrected chi connectivity index (χ4v) is 1.21. The van der Waals surface area contributed by atoms with Gasteiger partial charge in [0, 0.05) is 0 Å². The smallest absolute Gasteiger partial charge is 0.146 e. The second-order valence-electron chi connectivity index (χ2n) is 1.85. The van der Waals surface area contributed by atoms with Crippen molar-refractivity contribution in [3.8, 4) is 0 Å². The van der Waals surface area contributed by atoms with Gasteiger partial charge in [0.25, 0.3) is 0 Å². The van der Waals surface area contributed by atoms with Gasteiger partial charge in [0.2, 0.25) is 0 Å². The highest BCUT2D eigenvalue weighted by molar-refractivity contribution is 14.1. The predicted octanol–water partition coefficient (Wildman–Crippen LogP) is 2.17. The van der Waals surface area contributed by atoms with Crippen molar-refractivity contribution in [1.82, 2.24) is 4.98 Å². The van der Waals surface area contributed by atoms with E-state index >= 15 is 0 Å². The Morgan fingerprint density at radius 1 is 1.67 bits per heavy atom. The molecule has 1 aromatic heterocycles. The lowest BCUT2D eigenvalue weighted by Gasteiger charge is -2.01. The molecular formula is C6H5ClIN3O. The van der Waals surface area contributed by atoms with E-state index in [1.54, 1.807) is 6.07 Å². The Morgan fingerprint density at radius 3 is 3.08 bits per heavy atom. The molecule has 0 bridgehead atoms. The Hall–Kier alpha value is -0.560. The number of hydrogen-bond acceptors (Lipinski definition) is 3. The van der Waals surface area contributed by atoms with Crippen LogP contribution in [-0.4, -0.2) is 16.5 Å². The number of pyridine rings is 1. The van der Waals surface area contributed by atoms with Crippen LogP contribution in [0.1, 0.15) is 0 Å². The number of rotatable bonds is 2. The molecule has 0 fully saturated rings. The third-order valence-electron chi connectivity index (χ3n) is 1.07. The van der Waals surface area contributed by atoms with Gasteiger partial charge in [-0.1, -0.05) is 16.8 Å². The molecule has 0 atom stereocenters. The van der Waals surface area contributed by atoms with Gasteiger partial charge in [-0.3, -0.25) is 0 Å². The molecule has 6 heteroatoms. The highest BCUT2D eigenvalue weighted by atomic mass is 127. The zero-order valence-corrected chi connectivity index (χ0v) is 8.74. The minimum Gasteiger partial charge on any atom is -0.410 e. The summed E-state index contributed by atoms with van der Waals surface area (Å²) in [5.41, 5.74) is 0. The molecule has 0 aliphatic heterocycles. The summed E-state index contributed by atoms with van der Waals surface area (Å²) in [6.07, 6.45) is 1.13. The Bertz CT molecular complexity index is 305. The van der Waals surface area contributed by atoms with Crippen molar-refractivity contribution in [2.45, 2.75) is 0 Å². The second-order valence-corrected chi connectivity index (χ2v) is 3.40. The van der Waals surface area contributed by atoms with E-state index < -0.39 is 0 Å². The molecule has 0 radical (unpaired) electrons. The lowest BCUT2D eigenvalue weighted by atomic mass is 10.5. The van der Waals surface area contributed by atoms with E-state index in [-0.39, 0.29) is 0 Å². The van der Waals surface area contributed by atoms with Gasteiger partial charge in [-0.2, -0.15) is 0 Å². The Labute approximate surface area is 87.8 Å². The number of anilines is 1. The van der Waals surface area contributed by atoms with Crippen LogP contribution in [0.25, 0.3) is 0 Å². The minimum absolute atomic E-state index is 0.393. The summed E-state index contributed by atoms with van der Waals surface area (Å²) in [5, 5.41) is 14.0. The van der Waals surface area contributed by atoms with Gasteiger partial charge in [0.05, 0.1) is 3.57 Å². The van der Waals surface area contributed by atoms with Gasteiger partial charge in [0.1, 0.15) is 17.3 Å². The van der Waals surface area contributed by atoms with Crippen LogP contribution in [0.2, 0.25) is 5.15 Å². The van der Waals surface area contributed by atoms with Crippen molar-refractivity contribution in [1.29, 1.82) is 0 Å². The maximum atomic E-state index is 8.13. The van der Waals surface area contributed by atoms with Gasteiger partial charge in [-0.15, -0.1) is 0 Å². The van der Waals surface area contributed by atoms with E-state index in [4.69, 9.17) is 16.8 Å². The molecule has 0 saturated heterocycles. The normalized spacial score (nSPS) is 10.5. The SMILES string of the molecule is O/N=C/Nc1nc(Cl)ccc1I. The summed E-state index contributed by atoms with van der Waals surface area (Å²) >= 11 is 7.72. The zero-order valence-electron chi connectivity index (χ0n) is 5.83. The van der Waals surface area contributed by atoms with Crippen molar-refractivity contribution in [3.05, 3.63) is 20.9 Å². The molecule has 0 aliphatic rings. The Kier molecular flexibility index (Phi) is 3.54. The molecule has 1 heterocycles. The fraction of sp³-hybridized carbons (Fsp3) is 0. The van der Waals surface area contributed by atoms with E-state index in [9.17, 15) is 0 Å². The van der Waals surface area contributed by atoms with Crippen molar-refractivity contribution in [3.63, 3.8) is 0 Å². The molecule has 1 aromatic rings. The average Bonchev–Trinajstić information content (AvgIpc) is 2.07. The first kappa shape index (κ1) is 9.53. The molecule has 2 N–H and O–H groups in total. The minimum atomic E-state index is 0.393. The van der Waals surface area contributed by atoms with Crippen LogP contribution in [0.15, 0.2) is 17.3 Å². The summed E-state index contributed by atoms with van der Waals surface area (Å²) in [6.45, 7) is 0. The number of nitrogens with one attached hydrogen (secondary N) is 1. The molecule has 0 aromatic carbocycles. The lowest BCUT2D eigenvalue weighted by molar-refractivity contribution is 0.321. The van der Waals surface area contributed by atoms with Crippen LogP contribution >= 0.6 is 34.2 Å². The first-order valence-electron chi connectivity index (χ1n) is 2.98. The monoisotopic (exact) mass is 297 g/mol. The maximum absolute atomic E-state index is 8.13. The molecule has 1 rings (SSSR count). The maximum Gasteiger partial charge on any atom is 0.146 e. The molecule has 64 valence electrons. The first-order chi connectivity index (χ1) is 5.74. The molecule has 12 heavy (non-hydrogen) atoms. The topological polar surface area (TPSA) is 57.5 Å². The third kappa shape index (κ3) is 2.49. The molecule has 4 nitrogen and oxygen atoms in total. The van der Waals surface area contributed by atoms with Crippen molar-refractivity contribution >= 4 is 46.3 Å². The fourth-order valence-electron chi connectivity index (χ4n) is 0.610. The first-order valence-corrected chi connectivity index (χ1v) is 4.44. The molecule has 0 saturated carbocycles. The zero-order chi connectivity index (χ0) is 8.97. The molecule has 0 aliphatic carbocycles. The van der Waals surface area contributed by atoms with Crippen LogP contribution in [0, 0.1) is 3.57 Å². The van der Waals surface area contributed by atoms with E-state index in [2.05, 4.69) is 38.0 Å². The number of halogens is 2. The highest BCUT2D eigenvalue weighted by Crippen LogP contribution is 2.17. The summed E-state index contributed by atoms with van der Waals surface area (Å²) in [5.74, 6) is 0.570. The number of aromatic nitrogens is 1. The van der Waals surface area contributed by atoms with Gasteiger partial charge in [-0.25, -0.2) is 4.98 Å². The largest absolute Gasteiger partial charge is 0.410 e. The van der Waals surface area contributed by atoms with Crippen LogP contribution in [0.5, 0.6) is 0 Å². The molecule has 0 spiro atoms. The van der Waals surface area contributed by atoms with Gasteiger partial charge in [0.15, 0.2) is 0 Å². The number of nitrogens with zero attached hydrogens (tertiary/aromatic N) is 2. The van der Waals surface area contributed by atoms with Gasteiger partial charge >= 0.3 is 0 Å². The third-order valence-corrected chi connectivity index (χ3v) is 2.15. The van der Waals surface area contributed by atoms with E-state index in [1.165, 1.54) is 0 Å². The van der Waals surface area contributed by atoms with Crippen molar-refractivity contribution in [2.24, 2.45) is 5.16 Å². The Morgan fingerprint density at radius 2 is 2.42 bits per heavy atom. The standard InChI is InChI=1S/C6H5ClIN3O/c7-5-2-1-4(8)6(11-5)9-3-10-12/h1-3,12H,(H,9,10,11). The molecule has 0 unspecified atom stereocenters. The van der Waals surface area contributed by atoms with Crippen molar-refractivity contribution < 1.29 is 5.21 Å². The number of oxime groups is 1. The van der Waals surface area contributed by atoms with Crippen LogP contribution in [0.3, 0.4) is 0 Å². The summed E-state index contributed by atoms with van der Waals surface area (Å²) in [7, 11) is 0.